The van der Waals surface area contributed by atoms with Crippen LogP contribution in [0.5, 0.6) is 0 Å². The van der Waals surface area contributed by atoms with Crippen LogP contribution in [-0.2, 0) is 10.0 Å². The summed E-state index contributed by atoms with van der Waals surface area (Å²) >= 11 is 0. The molecule has 1 fully saturated rings. The molecular formula is C15H25N3O2S. The number of sulfonamides is 1. The van der Waals surface area contributed by atoms with Gasteiger partial charge in [0.25, 0.3) is 0 Å². The summed E-state index contributed by atoms with van der Waals surface area (Å²) in [5.41, 5.74) is 7.05. The molecule has 118 valence electrons. The lowest BCUT2D eigenvalue weighted by molar-refractivity contribution is 0.502. The average Bonchev–Trinajstić information content (AvgIpc) is 2.63. The minimum absolute atomic E-state index is 0.130. The van der Waals surface area contributed by atoms with E-state index >= 15 is 0 Å². The van der Waals surface area contributed by atoms with E-state index in [2.05, 4.69) is 17.0 Å². The van der Waals surface area contributed by atoms with E-state index in [0.29, 0.717) is 6.04 Å². The highest BCUT2D eigenvalue weighted by Gasteiger charge is 2.18. The summed E-state index contributed by atoms with van der Waals surface area (Å²) in [4.78, 5) is 0.130. The Hall–Kier alpha value is -1.27. The molecule has 6 heteroatoms. The zero-order chi connectivity index (χ0) is 15.5. The number of nitrogen functional groups attached to an aromatic ring is 1. The number of nitrogens with two attached hydrogens (primary N) is 1. The first kappa shape index (κ1) is 16.1. The zero-order valence-electron chi connectivity index (χ0n) is 12.7. The van der Waals surface area contributed by atoms with Gasteiger partial charge in [0.2, 0.25) is 10.0 Å². The maximum atomic E-state index is 11.8. The fourth-order valence-corrected chi connectivity index (χ4v) is 3.70. The Morgan fingerprint density at radius 1 is 1.19 bits per heavy atom. The van der Waals surface area contributed by atoms with Crippen molar-refractivity contribution in [1.29, 1.82) is 0 Å². The van der Waals surface area contributed by atoms with Crippen LogP contribution in [0.4, 0.5) is 11.4 Å². The van der Waals surface area contributed by atoms with E-state index in [0.717, 1.165) is 24.4 Å². The van der Waals surface area contributed by atoms with E-state index in [-0.39, 0.29) is 10.6 Å². The minimum Gasteiger partial charge on any atom is -0.398 e. The highest BCUT2D eigenvalue weighted by molar-refractivity contribution is 7.89. The second-order valence-electron chi connectivity index (χ2n) is 5.91. The van der Waals surface area contributed by atoms with E-state index in [4.69, 9.17) is 5.73 Å². The predicted molar refractivity (Wildman–Crippen MR) is 86.8 cm³/mol. The number of hydrogen-bond donors (Lipinski definition) is 3. The summed E-state index contributed by atoms with van der Waals surface area (Å²) in [5.74, 6) is 0.796. The topological polar surface area (TPSA) is 84.2 Å². The molecular weight excluding hydrogens is 286 g/mol. The Kier molecular flexibility index (Phi) is 5.11. The first-order valence-corrected chi connectivity index (χ1v) is 9.00. The summed E-state index contributed by atoms with van der Waals surface area (Å²) in [5, 5.41) is 3.48. The van der Waals surface area contributed by atoms with Crippen LogP contribution in [0.25, 0.3) is 0 Å². The Morgan fingerprint density at radius 2 is 1.95 bits per heavy atom. The van der Waals surface area contributed by atoms with Crippen molar-refractivity contribution >= 4 is 21.4 Å². The second-order valence-corrected chi connectivity index (χ2v) is 7.77. The van der Waals surface area contributed by atoms with E-state index < -0.39 is 10.0 Å². The Balaban J connectivity index is 2.10. The van der Waals surface area contributed by atoms with Crippen molar-refractivity contribution in [1.82, 2.24) is 4.72 Å². The molecule has 0 radical (unpaired) electrons. The van der Waals surface area contributed by atoms with Gasteiger partial charge in [-0.05, 0) is 50.4 Å². The van der Waals surface area contributed by atoms with Gasteiger partial charge in [0.05, 0.1) is 5.69 Å². The van der Waals surface area contributed by atoms with E-state index in [1.807, 2.05) is 0 Å². The van der Waals surface area contributed by atoms with Gasteiger partial charge in [-0.25, -0.2) is 13.1 Å². The van der Waals surface area contributed by atoms with Gasteiger partial charge in [-0.1, -0.05) is 19.8 Å². The lowest BCUT2D eigenvalue weighted by Gasteiger charge is -2.18. The SMILES string of the molecule is CNS(=O)(=O)c1ccc(NC2CCCC(C)CC2)cc1N. The number of anilines is 2. The van der Waals surface area contributed by atoms with E-state index in [9.17, 15) is 8.42 Å². The Labute approximate surface area is 127 Å². The molecule has 0 bridgehead atoms. The molecule has 0 aromatic heterocycles. The van der Waals surface area contributed by atoms with Crippen LogP contribution >= 0.6 is 0 Å². The highest BCUT2D eigenvalue weighted by atomic mass is 32.2. The summed E-state index contributed by atoms with van der Waals surface area (Å²) in [6.07, 6.45) is 6.07. The van der Waals surface area contributed by atoms with Gasteiger partial charge in [-0.2, -0.15) is 0 Å². The maximum Gasteiger partial charge on any atom is 0.242 e. The van der Waals surface area contributed by atoms with Crippen LogP contribution in [0.2, 0.25) is 0 Å². The maximum absolute atomic E-state index is 11.8. The highest BCUT2D eigenvalue weighted by Crippen LogP contribution is 2.27. The van der Waals surface area contributed by atoms with Crippen molar-refractivity contribution in [3.8, 4) is 0 Å². The van der Waals surface area contributed by atoms with Crippen LogP contribution in [0, 0.1) is 5.92 Å². The summed E-state index contributed by atoms with van der Waals surface area (Å²) < 4.78 is 25.9. The molecule has 1 aromatic carbocycles. The van der Waals surface area contributed by atoms with Crippen LogP contribution in [-0.4, -0.2) is 21.5 Å². The summed E-state index contributed by atoms with van der Waals surface area (Å²) in [7, 11) is -2.11. The smallest absolute Gasteiger partial charge is 0.242 e. The van der Waals surface area contributed by atoms with Gasteiger partial charge in [-0.3, -0.25) is 0 Å². The van der Waals surface area contributed by atoms with Gasteiger partial charge >= 0.3 is 0 Å². The standard InChI is InChI=1S/C15H25N3O2S/c1-11-4-3-5-12(7-6-11)18-13-8-9-15(14(16)10-13)21(19,20)17-2/h8-12,17-18H,3-7,16H2,1-2H3. The van der Waals surface area contributed by atoms with Crippen LogP contribution < -0.4 is 15.8 Å². The first-order valence-electron chi connectivity index (χ1n) is 7.52. The van der Waals surface area contributed by atoms with Gasteiger partial charge in [0, 0.05) is 11.7 Å². The van der Waals surface area contributed by atoms with Gasteiger partial charge < -0.3 is 11.1 Å². The van der Waals surface area contributed by atoms with Crippen LogP contribution in [0.1, 0.15) is 39.0 Å². The van der Waals surface area contributed by atoms with Crippen molar-refractivity contribution in [3.05, 3.63) is 18.2 Å². The van der Waals surface area contributed by atoms with Crippen LogP contribution in [0.15, 0.2) is 23.1 Å². The zero-order valence-corrected chi connectivity index (χ0v) is 13.5. The molecule has 0 heterocycles. The second kappa shape index (κ2) is 6.66. The largest absolute Gasteiger partial charge is 0.398 e. The minimum atomic E-state index is -3.49. The summed E-state index contributed by atoms with van der Waals surface area (Å²) in [6, 6.07) is 5.50. The number of nitrogens with one attached hydrogen (secondary N) is 2. The average molecular weight is 311 g/mol. The van der Waals surface area contributed by atoms with Crippen molar-refractivity contribution in [3.63, 3.8) is 0 Å². The molecule has 21 heavy (non-hydrogen) atoms. The molecule has 2 unspecified atom stereocenters. The molecule has 2 atom stereocenters. The Morgan fingerprint density at radius 3 is 2.62 bits per heavy atom. The lowest BCUT2D eigenvalue weighted by atomic mass is 10.0. The molecule has 0 saturated heterocycles. The summed E-state index contributed by atoms with van der Waals surface area (Å²) in [6.45, 7) is 2.30. The lowest BCUT2D eigenvalue weighted by Crippen LogP contribution is -2.21. The Bertz CT molecular complexity index is 587. The quantitative estimate of drug-likeness (QED) is 0.589. The molecule has 2 rings (SSSR count). The fourth-order valence-electron chi connectivity index (χ4n) is 2.86. The molecule has 1 aromatic rings. The molecule has 1 aliphatic rings. The van der Waals surface area contributed by atoms with Crippen LogP contribution in [0.3, 0.4) is 0 Å². The monoisotopic (exact) mass is 311 g/mol. The van der Waals surface area contributed by atoms with Gasteiger partial charge in [-0.15, -0.1) is 0 Å². The molecule has 4 N–H and O–H groups in total. The van der Waals surface area contributed by atoms with E-state index in [1.165, 1.54) is 26.3 Å². The third kappa shape index (κ3) is 4.11. The van der Waals surface area contributed by atoms with E-state index in [1.54, 1.807) is 18.2 Å². The molecule has 5 nitrogen and oxygen atoms in total. The van der Waals surface area contributed by atoms with Gasteiger partial charge in [0.1, 0.15) is 4.90 Å². The molecule has 0 amide bonds. The number of benzene rings is 1. The predicted octanol–water partition coefficient (Wildman–Crippen LogP) is 2.56. The van der Waals surface area contributed by atoms with Gasteiger partial charge in [0.15, 0.2) is 0 Å². The first-order chi connectivity index (χ1) is 9.92. The van der Waals surface area contributed by atoms with Crippen molar-refractivity contribution < 1.29 is 8.42 Å². The number of hydrogen-bond acceptors (Lipinski definition) is 4. The fraction of sp³-hybridized carbons (Fsp3) is 0.600. The molecule has 1 aliphatic carbocycles. The third-order valence-corrected chi connectivity index (χ3v) is 5.68. The molecule has 0 aliphatic heterocycles. The van der Waals surface area contributed by atoms with Crippen molar-refractivity contribution in [2.45, 2.75) is 50.0 Å². The molecule has 1 saturated carbocycles. The number of rotatable bonds is 4. The van der Waals surface area contributed by atoms with Crippen molar-refractivity contribution in [2.24, 2.45) is 5.92 Å². The molecule has 0 spiro atoms. The normalized spacial score (nSPS) is 23.5. The van der Waals surface area contributed by atoms with Crippen molar-refractivity contribution in [2.75, 3.05) is 18.1 Å². The third-order valence-electron chi connectivity index (χ3n) is 4.20.